The quantitative estimate of drug-likeness (QED) is 0.784. The summed E-state index contributed by atoms with van der Waals surface area (Å²) in [5, 5.41) is 8.94. The summed E-state index contributed by atoms with van der Waals surface area (Å²) in [6.07, 6.45) is 5.72. The Bertz CT molecular complexity index is 681. The van der Waals surface area contributed by atoms with Gasteiger partial charge < -0.3 is 4.90 Å². The molecule has 3 rings (SSSR count). The average Bonchev–Trinajstić information content (AvgIpc) is 2.98. The molecule has 0 radical (unpaired) electrons. The molecule has 1 amide bonds. The maximum Gasteiger partial charge on any atom is 0.239 e. The average molecular weight is 383 g/mol. The first-order chi connectivity index (χ1) is 13.6. The van der Waals surface area contributed by atoms with Crippen molar-refractivity contribution < 1.29 is 4.79 Å². The number of benzene rings is 1. The first-order valence-corrected chi connectivity index (χ1v) is 10.9. The zero-order valence-corrected chi connectivity index (χ0v) is 17.4. The SMILES string of the molecule is CC[C@H]1CCCCN1C(=O)[C@@H](C)N1CCCN(Cc2ccc(C#N)cc2)CC1. The standard InChI is InChI=1S/C23H34N4O/c1-3-22-7-4-5-14-27(22)23(28)19(2)26-13-6-12-25(15-16-26)18-21-10-8-20(17-24)9-11-21/h8-11,19,22H,3-7,12-16,18H2,1-2H3/t19-,22+/m1/s1. The molecule has 2 saturated heterocycles. The van der Waals surface area contributed by atoms with E-state index in [1.165, 1.54) is 12.0 Å². The molecule has 0 spiro atoms. The molecule has 0 bridgehead atoms. The second-order valence-electron chi connectivity index (χ2n) is 8.24. The van der Waals surface area contributed by atoms with Crippen molar-refractivity contribution in [2.45, 2.75) is 64.6 Å². The van der Waals surface area contributed by atoms with Crippen LogP contribution in [-0.2, 0) is 11.3 Å². The smallest absolute Gasteiger partial charge is 0.239 e. The van der Waals surface area contributed by atoms with E-state index < -0.39 is 0 Å². The number of nitrogens with zero attached hydrogens (tertiary/aromatic N) is 4. The van der Waals surface area contributed by atoms with Crippen LogP contribution in [0.5, 0.6) is 0 Å². The Labute approximate surface area is 169 Å². The Hall–Kier alpha value is -1.90. The summed E-state index contributed by atoms with van der Waals surface area (Å²) in [7, 11) is 0. The number of rotatable bonds is 5. The summed E-state index contributed by atoms with van der Waals surface area (Å²) in [6, 6.07) is 10.5. The molecule has 0 aromatic heterocycles. The van der Waals surface area contributed by atoms with Crippen LogP contribution in [0.2, 0.25) is 0 Å². The molecule has 5 nitrogen and oxygen atoms in total. The zero-order valence-electron chi connectivity index (χ0n) is 17.4. The molecule has 2 fully saturated rings. The molecule has 0 unspecified atom stereocenters. The zero-order chi connectivity index (χ0) is 19.9. The minimum absolute atomic E-state index is 0.0259. The van der Waals surface area contributed by atoms with E-state index in [4.69, 9.17) is 5.26 Å². The molecule has 1 aromatic rings. The summed E-state index contributed by atoms with van der Waals surface area (Å²) in [5.74, 6) is 0.326. The summed E-state index contributed by atoms with van der Waals surface area (Å²) in [4.78, 5) is 20.2. The van der Waals surface area contributed by atoms with Gasteiger partial charge in [-0.25, -0.2) is 0 Å². The Morgan fingerprint density at radius 1 is 1.11 bits per heavy atom. The Kier molecular flexibility index (Phi) is 7.47. The van der Waals surface area contributed by atoms with Crippen LogP contribution < -0.4 is 0 Å². The first-order valence-electron chi connectivity index (χ1n) is 10.9. The third kappa shape index (κ3) is 5.12. The molecule has 2 atom stereocenters. The van der Waals surface area contributed by atoms with Crippen molar-refractivity contribution in [1.29, 1.82) is 5.26 Å². The van der Waals surface area contributed by atoms with Crippen LogP contribution in [0.15, 0.2) is 24.3 Å². The fourth-order valence-corrected chi connectivity index (χ4v) is 4.59. The lowest BCUT2D eigenvalue weighted by atomic mass is 9.99. The highest BCUT2D eigenvalue weighted by atomic mass is 16.2. The van der Waals surface area contributed by atoms with E-state index in [-0.39, 0.29) is 6.04 Å². The summed E-state index contributed by atoms with van der Waals surface area (Å²) < 4.78 is 0. The van der Waals surface area contributed by atoms with Crippen molar-refractivity contribution in [1.82, 2.24) is 14.7 Å². The lowest BCUT2D eigenvalue weighted by molar-refractivity contribution is -0.140. The van der Waals surface area contributed by atoms with Gasteiger partial charge in [-0.2, -0.15) is 5.26 Å². The van der Waals surface area contributed by atoms with Crippen molar-refractivity contribution >= 4 is 5.91 Å². The van der Waals surface area contributed by atoms with E-state index in [0.717, 1.165) is 65.0 Å². The second kappa shape index (κ2) is 10.0. The van der Waals surface area contributed by atoms with E-state index in [1.54, 1.807) is 0 Å². The summed E-state index contributed by atoms with van der Waals surface area (Å²) >= 11 is 0. The van der Waals surface area contributed by atoms with Crippen molar-refractivity contribution in [3.8, 4) is 6.07 Å². The highest BCUT2D eigenvalue weighted by molar-refractivity contribution is 5.82. The van der Waals surface area contributed by atoms with Gasteiger partial charge in [-0.15, -0.1) is 0 Å². The van der Waals surface area contributed by atoms with Crippen LogP contribution in [0.25, 0.3) is 0 Å². The molecule has 2 aliphatic heterocycles. The largest absolute Gasteiger partial charge is 0.338 e. The van der Waals surface area contributed by atoms with Gasteiger partial charge in [-0.3, -0.25) is 14.6 Å². The number of nitriles is 1. The lowest BCUT2D eigenvalue weighted by Crippen LogP contribution is -2.52. The number of piperidine rings is 1. The van der Waals surface area contributed by atoms with Gasteiger partial charge in [0.25, 0.3) is 0 Å². The molecular formula is C23H34N4O. The van der Waals surface area contributed by atoms with E-state index in [0.29, 0.717) is 17.5 Å². The normalized spacial score (nSPS) is 23.0. The van der Waals surface area contributed by atoms with Crippen LogP contribution in [0.3, 0.4) is 0 Å². The van der Waals surface area contributed by atoms with E-state index in [1.807, 2.05) is 12.1 Å². The van der Waals surface area contributed by atoms with Gasteiger partial charge >= 0.3 is 0 Å². The third-order valence-electron chi connectivity index (χ3n) is 6.40. The van der Waals surface area contributed by atoms with Crippen LogP contribution in [0.4, 0.5) is 0 Å². The van der Waals surface area contributed by atoms with E-state index in [9.17, 15) is 4.79 Å². The molecule has 2 aliphatic rings. The van der Waals surface area contributed by atoms with Gasteiger partial charge in [0.2, 0.25) is 5.91 Å². The van der Waals surface area contributed by atoms with Crippen molar-refractivity contribution in [2.75, 3.05) is 32.7 Å². The molecule has 1 aromatic carbocycles. The van der Waals surface area contributed by atoms with Gasteiger partial charge in [0.05, 0.1) is 17.7 Å². The predicted octanol–water partition coefficient (Wildman–Crippen LogP) is 3.25. The third-order valence-corrected chi connectivity index (χ3v) is 6.40. The van der Waals surface area contributed by atoms with E-state index in [2.05, 4.69) is 46.7 Å². The van der Waals surface area contributed by atoms with Gasteiger partial charge in [0.15, 0.2) is 0 Å². The number of carbonyl (C=O) groups is 1. The first kappa shape index (κ1) is 20.8. The topological polar surface area (TPSA) is 50.6 Å². The molecular weight excluding hydrogens is 348 g/mol. The van der Waals surface area contributed by atoms with Gasteiger partial charge in [0, 0.05) is 38.8 Å². The molecule has 5 heteroatoms. The molecule has 2 heterocycles. The summed E-state index contributed by atoms with van der Waals surface area (Å²) in [5.41, 5.74) is 1.96. The van der Waals surface area contributed by atoms with Crippen LogP contribution in [0.1, 0.15) is 57.1 Å². The Balaban J connectivity index is 1.54. The minimum Gasteiger partial charge on any atom is -0.338 e. The second-order valence-corrected chi connectivity index (χ2v) is 8.24. The number of amides is 1. The number of hydrogen-bond acceptors (Lipinski definition) is 4. The fraction of sp³-hybridized carbons (Fsp3) is 0.652. The number of hydrogen-bond donors (Lipinski definition) is 0. The van der Waals surface area contributed by atoms with Crippen molar-refractivity contribution in [3.05, 3.63) is 35.4 Å². The van der Waals surface area contributed by atoms with Crippen molar-refractivity contribution in [3.63, 3.8) is 0 Å². The molecule has 28 heavy (non-hydrogen) atoms. The van der Waals surface area contributed by atoms with Crippen molar-refractivity contribution in [2.24, 2.45) is 0 Å². The Morgan fingerprint density at radius 2 is 1.89 bits per heavy atom. The molecule has 152 valence electrons. The molecule has 0 saturated carbocycles. The van der Waals surface area contributed by atoms with Crippen LogP contribution >= 0.6 is 0 Å². The predicted molar refractivity (Wildman–Crippen MR) is 112 cm³/mol. The molecule has 0 aliphatic carbocycles. The van der Waals surface area contributed by atoms with E-state index >= 15 is 0 Å². The fourth-order valence-electron chi connectivity index (χ4n) is 4.59. The van der Waals surface area contributed by atoms with Crippen LogP contribution in [0, 0.1) is 11.3 Å². The van der Waals surface area contributed by atoms with Gasteiger partial charge in [0.1, 0.15) is 0 Å². The highest BCUT2D eigenvalue weighted by Crippen LogP contribution is 2.22. The number of carbonyl (C=O) groups excluding carboxylic acids is 1. The highest BCUT2D eigenvalue weighted by Gasteiger charge is 2.32. The van der Waals surface area contributed by atoms with Gasteiger partial charge in [-0.05, 0) is 63.3 Å². The van der Waals surface area contributed by atoms with Gasteiger partial charge in [-0.1, -0.05) is 19.1 Å². The van der Waals surface area contributed by atoms with Crippen LogP contribution in [-0.4, -0.2) is 65.4 Å². The lowest BCUT2D eigenvalue weighted by Gasteiger charge is -2.39. The molecule has 0 N–H and O–H groups in total. The minimum atomic E-state index is -0.0259. The maximum atomic E-state index is 13.2. The maximum absolute atomic E-state index is 13.2. The summed E-state index contributed by atoms with van der Waals surface area (Å²) in [6.45, 7) is 10.1. The monoisotopic (exact) mass is 382 g/mol. The Morgan fingerprint density at radius 3 is 2.61 bits per heavy atom. The number of likely N-dealkylation sites (tertiary alicyclic amines) is 1.